The van der Waals surface area contributed by atoms with Gasteiger partial charge in [0.15, 0.2) is 0 Å². The average molecular weight is 206 g/mol. The van der Waals surface area contributed by atoms with Crippen molar-refractivity contribution in [3.63, 3.8) is 0 Å². The molecule has 1 aliphatic heterocycles. The molecule has 0 saturated heterocycles. The summed E-state index contributed by atoms with van der Waals surface area (Å²) in [6.07, 6.45) is 1.81. The molecule has 15 heavy (non-hydrogen) atoms. The highest BCUT2D eigenvalue weighted by atomic mass is 16.5. The molecule has 1 N–H and O–H groups in total. The number of hydrogen-bond acceptors (Lipinski definition) is 2. The third-order valence-electron chi connectivity index (χ3n) is 3.21. The van der Waals surface area contributed by atoms with Gasteiger partial charge in [0.1, 0.15) is 5.75 Å². The van der Waals surface area contributed by atoms with Crippen LogP contribution in [0.3, 0.4) is 0 Å². The summed E-state index contributed by atoms with van der Waals surface area (Å²) in [5.41, 5.74) is 2.64. The van der Waals surface area contributed by atoms with Gasteiger partial charge in [-0.3, -0.25) is 0 Å². The fourth-order valence-electron chi connectivity index (χ4n) is 2.03. The maximum atomic E-state index is 9.03. The lowest BCUT2D eigenvalue weighted by Crippen LogP contribution is -2.18. The minimum atomic E-state index is 0.0480. The highest BCUT2D eigenvalue weighted by Crippen LogP contribution is 2.32. The van der Waals surface area contributed by atoms with Gasteiger partial charge >= 0.3 is 0 Å². The number of aliphatic hydroxyl groups excluding tert-OH is 1. The standard InChI is InChI=1S/C13H18O2/c1-13(2,6-7-14)11-3-4-12-10(9-11)5-8-15-12/h3-4,9,14H,5-8H2,1-2H3. The van der Waals surface area contributed by atoms with E-state index in [9.17, 15) is 0 Å². The molecule has 0 bridgehead atoms. The third-order valence-corrected chi connectivity index (χ3v) is 3.21. The van der Waals surface area contributed by atoms with E-state index in [2.05, 4.69) is 32.0 Å². The number of rotatable bonds is 3. The van der Waals surface area contributed by atoms with Crippen molar-refractivity contribution in [2.24, 2.45) is 0 Å². The Labute approximate surface area is 90.9 Å². The Hall–Kier alpha value is -1.02. The molecule has 2 heteroatoms. The van der Waals surface area contributed by atoms with E-state index < -0.39 is 0 Å². The van der Waals surface area contributed by atoms with Crippen molar-refractivity contribution in [3.8, 4) is 5.75 Å². The Morgan fingerprint density at radius 3 is 2.93 bits per heavy atom. The predicted molar refractivity (Wildman–Crippen MR) is 60.4 cm³/mol. The largest absolute Gasteiger partial charge is 0.493 e. The summed E-state index contributed by atoms with van der Waals surface area (Å²) in [4.78, 5) is 0. The Morgan fingerprint density at radius 1 is 1.40 bits per heavy atom. The van der Waals surface area contributed by atoms with Crippen LogP contribution in [0.4, 0.5) is 0 Å². The fourth-order valence-corrected chi connectivity index (χ4v) is 2.03. The lowest BCUT2D eigenvalue weighted by Gasteiger charge is -2.24. The van der Waals surface area contributed by atoms with E-state index in [-0.39, 0.29) is 12.0 Å². The molecule has 0 atom stereocenters. The SMILES string of the molecule is CC(C)(CCO)c1ccc2c(c1)CCO2. The molecule has 2 nitrogen and oxygen atoms in total. The zero-order chi connectivity index (χ0) is 10.9. The molecule has 0 unspecified atom stereocenters. The third kappa shape index (κ3) is 2.00. The number of aliphatic hydroxyl groups is 1. The predicted octanol–water partition coefficient (Wildman–Crippen LogP) is 2.28. The van der Waals surface area contributed by atoms with E-state index in [1.165, 1.54) is 11.1 Å². The molecule has 0 spiro atoms. The number of hydrogen-bond donors (Lipinski definition) is 1. The Bertz CT molecular complexity index is 356. The molecule has 1 aromatic carbocycles. The fraction of sp³-hybridized carbons (Fsp3) is 0.538. The normalized spacial score (nSPS) is 14.9. The summed E-state index contributed by atoms with van der Waals surface area (Å²) in [5.74, 6) is 1.03. The van der Waals surface area contributed by atoms with Gasteiger partial charge in [0.05, 0.1) is 6.61 Å². The highest BCUT2D eigenvalue weighted by Gasteiger charge is 2.22. The van der Waals surface area contributed by atoms with Crippen molar-refractivity contribution < 1.29 is 9.84 Å². The Kier molecular flexibility index (Phi) is 2.70. The van der Waals surface area contributed by atoms with Crippen molar-refractivity contribution in [1.29, 1.82) is 0 Å². The second-order valence-corrected chi connectivity index (χ2v) is 4.78. The van der Waals surface area contributed by atoms with Crippen LogP contribution in [0.5, 0.6) is 5.75 Å². The van der Waals surface area contributed by atoms with Gasteiger partial charge in [-0.25, -0.2) is 0 Å². The van der Waals surface area contributed by atoms with Crippen LogP contribution in [0.1, 0.15) is 31.4 Å². The van der Waals surface area contributed by atoms with E-state index in [1.807, 2.05) is 0 Å². The lowest BCUT2D eigenvalue weighted by molar-refractivity contribution is 0.252. The molecular formula is C13H18O2. The van der Waals surface area contributed by atoms with Crippen molar-refractivity contribution in [3.05, 3.63) is 29.3 Å². The van der Waals surface area contributed by atoms with Gasteiger partial charge in [-0.05, 0) is 29.0 Å². The molecule has 1 aliphatic rings. The maximum Gasteiger partial charge on any atom is 0.122 e. The number of ether oxygens (including phenoxy) is 1. The second kappa shape index (κ2) is 3.86. The van der Waals surface area contributed by atoms with Crippen LogP contribution < -0.4 is 4.74 Å². The number of fused-ring (bicyclic) bond motifs is 1. The molecule has 1 heterocycles. The molecule has 82 valence electrons. The molecular weight excluding hydrogens is 188 g/mol. The van der Waals surface area contributed by atoms with Gasteiger partial charge in [-0.15, -0.1) is 0 Å². The van der Waals surface area contributed by atoms with Crippen LogP contribution in [0.25, 0.3) is 0 Å². The first kappa shape index (κ1) is 10.5. The second-order valence-electron chi connectivity index (χ2n) is 4.78. The van der Waals surface area contributed by atoms with Crippen LogP contribution in [-0.2, 0) is 11.8 Å². The maximum absolute atomic E-state index is 9.03. The van der Waals surface area contributed by atoms with Crippen molar-refractivity contribution in [1.82, 2.24) is 0 Å². The van der Waals surface area contributed by atoms with Crippen molar-refractivity contribution >= 4 is 0 Å². The van der Waals surface area contributed by atoms with E-state index in [0.717, 1.165) is 25.2 Å². The summed E-state index contributed by atoms with van der Waals surface area (Å²) in [6, 6.07) is 6.38. The topological polar surface area (TPSA) is 29.5 Å². The number of benzene rings is 1. The summed E-state index contributed by atoms with van der Waals surface area (Å²) in [6.45, 7) is 5.38. The van der Waals surface area contributed by atoms with E-state index >= 15 is 0 Å². The zero-order valence-corrected chi connectivity index (χ0v) is 9.42. The highest BCUT2D eigenvalue weighted by molar-refractivity contribution is 5.42. The van der Waals surface area contributed by atoms with Crippen LogP contribution >= 0.6 is 0 Å². The summed E-state index contributed by atoms with van der Waals surface area (Å²) in [5, 5.41) is 9.03. The van der Waals surface area contributed by atoms with Crippen LogP contribution in [0, 0.1) is 0 Å². The van der Waals surface area contributed by atoms with Crippen LogP contribution in [0.2, 0.25) is 0 Å². The zero-order valence-electron chi connectivity index (χ0n) is 9.42. The first-order chi connectivity index (χ1) is 7.13. The van der Waals surface area contributed by atoms with Crippen molar-refractivity contribution in [2.45, 2.75) is 32.1 Å². The van der Waals surface area contributed by atoms with Crippen LogP contribution in [-0.4, -0.2) is 18.3 Å². The van der Waals surface area contributed by atoms with Gasteiger partial charge in [-0.2, -0.15) is 0 Å². The van der Waals surface area contributed by atoms with E-state index in [4.69, 9.17) is 9.84 Å². The molecule has 0 amide bonds. The average Bonchev–Trinajstić information content (AvgIpc) is 2.63. The summed E-state index contributed by atoms with van der Waals surface area (Å²) in [7, 11) is 0. The van der Waals surface area contributed by atoms with Gasteiger partial charge in [-0.1, -0.05) is 26.0 Å². The lowest BCUT2D eigenvalue weighted by atomic mass is 9.81. The van der Waals surface area contributed by atoms with E-state index in [0.29, 0.717) is 0 Å². The minimum absolute atomic E-state index is 0.0480. The Morgan fingerprint density at radius 2 is 2.20 bits per heavy atom. The van der Waals surface area contributed by atoms with Gasteiger partial charge in [0.25, 0.3) is 0 Å². The van der Waals surface area contributed by atoms with Gasteiger partial charge < -0.3 is 9.84 Å². The molecule has 0 saturated carbocycles. The molecule has 2 rings (SSSR count). The Balaban J connectivity index is 2.29. The van der Waals surface area contributed by atoms with Gasteiger partial charge in [0, 0.05) is 13.0 Å². The first-order valence-electron chi connectivity index (χ1n) is 5.50. The summed E-state index contributed by atoms with van der Waals surface area (Å²) >= 11 is 0. The molecule has 0 radical (unpaired) electrons. The molecule has 1 aromatic rings. The van der Waals surface area contributed by atoms with Crippen molar-refractivity contribution in [2.75, 3.05) is 13.2 Å². The molecule has 0 aliphatic carbocycles. The quantitative estimate of drug-likeness (QED) is 0.822. The van der Waals surface area contributed by atoms with Crippen LogP contribution in [0.15, 0.2) is 18.2 Å². The molecule has 0 aromatic heterocycles. The molecule has 0 fully saturated rings. The smallest absolute Gasteiger partial charge is 0.122 e. The monoisotopic (exact) mass is 206 g/mol. The van der Waals surface area contributed by atoms with Gasteiger partial charge in [0.2, 0.25) is 0 Å². The summed E-state index contributed by atoms with van der Waals surface area (Å²) < 4.78 is 5.48. The minimum Gasteiger partial charge on any atom is -0.493 e. The van der Waals surface area contributed by atoms with E-state index in [1.54, 1.807) is 0 Å². The first-order valence-corrected chi connectivity index (χ1v) is 5.50.